The average molecular weight is 422 g/mol. The molecule has 0 radical (unpaired) electrons. The van der Waals surface area contributed by atoms with Crippen LogP contribution in [0.4, 0.5) is 0 Å². The van der Waals surface area contributed by atoms with Gasteiger partial charge in [-0.15, -0.1) is 0 Å². The molecular formula is C19H11IN4. The Labute approximate surface area is 152 Å². The second-order valence-electron chi connectivity index (χ2n) is 5.30. The van der Waals surface area contributed by atoms with E-state index in [1.165, 1.54) is 3.57 Å². The number of hydrogen-bond donors (Lipinski definition) is 0. The fourth-order valence-electron chi connectivity index (χ4n) is 2.72. The lowest BCUT2D eigenvalue weighted by Crippen LogP contribution is -1.99. The Morgan fingerprint density at radius 1 is 0.917 bits per heavy atom. The van der Waals surface area contributed by atoms with Crippen LogP contribution in [0.5, 0.6) is 0 Å². The summed E-state index contributed by atoms with van der Waals surface area (Å²) in [5, 5.41) is 13.7. The van der Waals surface area contributed by atoms with Crippen LogP contribution in [0.3, 0.4) is 0 Å². The molecule has 0 amide bonds. The van der Waals surface area contributed by atoms with Gasteiger partial charge in [0.25, 0.3) is 0 Å². The maximum Gasteiger partial charge on any atom is 0.173 e. The second kappa shape index (κ2) is 6.06. The molecule has 0 N–H and O–H groups in total. The Morgan fingerprint density at radius 2 is 1.67 bits per heavy atom. The number of hydrogen-bond acceptors (Lipinski definition) is 3. The van der Waals surface area contributed by atoms with E-state index in [-0.39, 0.29) is 0 Å². The molecule has 2 aromatic heterocycles. The van der Waals surface area contributed by atoms with Crippen LogP contribution < -0.4 is 0 Å². The maximum absolute atomic E-state index is 9.26. The molecule has 2 heterocycles. The van der Waals surface area contributed by atoms with Crippen LogP contribution in [-0.2, 0) is 0 Å². The third-order valence-corrected chi connectivity index (χ3v) is 4.57. The molecule has 4 rings (SSSR count). The fraction of sp³-hybridized carbons (Fsp3) is 0. The average Bonchev–Trinajstić information content (AvgIpc) is 3.05. The van der Waals surface area contributed by atoms with Gasteiger partial charge in [-0.2, -0.15) is 10.4 Å². The first-order valence-electron chi connectivity index (χ1n) is 7.36. The van der Waals surface area contributed by atoms with E-state index in [0.717, 1.165) is 22.4 Å². The molecule has 0 spiro atoms. The van der Waals surface area contributed by atoms with Gasteiger partial charge in [0.2, 0.25) is 0 Å². The number of benzene rings is 2. The number of nitrogens with zero attached hydrogens (tertiary/aromatic N) is 4. The molecule has 2 aromatic carbocycles. The van der Waals surface area contributed by atoms with Crippen molar-refractivity contribution in [2.45, 2.75) is 0 Å². The quantitative estimate of drug-likeness (QED) is 0.446. The number of halogens is 1. The van der Waals surface area contributed by atoms with Gasteiger partial charge < -0.3 is 0 Å². The zero-order valence-corrected chi connectivity index (χ0v) is 14.7. The molecule has 0 atom stereocenters. The van der Waals surface area contributed by atoms with Gasteiger partial charge in [0, 0.05) is 20.9 Å². The van der Waals surface area contributed by atoms with E-state index in [9.17, 15) is 5.26 Å². The molecule has 4 aromatic rings. The monoisotopic (exact) mass is 422 g/mol. The van der Waals surface area contributed by atoms with Crippen LogP contribution in [0.1, 0.15) is 5.56 Å². The summed E-state index contributed by atoms with van der Waals surface area (Å²) in [4.78, 5) is 4.47. The Morgan fingerprint density at radius 3 is 2.38 bits per heavy atom. The van der Waals surface area contributed by atoms with Crippen molar-refractivity contribution in [1.82, 2.24) is 14.6 Å². The minimum Gasteiger partial charge on any atom is -0.235 e. The van der Waals surface area contributed by atoms with Crippen molar-refractivity contribution < 1.29 is 0 Å². The van der Waals surface area contributed by atoms with Gasteiger partial charge >= 0.3 is 0 Å². The number of aromatic nitrogens is 3. The lowest BCUT2D eigenvalue weighted by Gasteiger charge is -2.12. The summed E-state index contributed by atoms with van der Waals surface area (Å²) < 4.78 is 2.93. The molecule has 0 aliphatic rings. The topological polar surface area (TPSA) is 54.0 Å². The smallest absolute Gasteiger partial charge is 0.173 e. The van der Waals surface area contributed by atoms with Gasteiger partial charge in [0.05, 0.1) is 11.9 Å². The minimum absolute atomic E-state index is 0.473. The van der Waals surface area contributed by atoms with Crippen LogP contribution in [0, 0.1) is 14.9 Å². The van der Waals surface area contributed by atoms with E-state index in [1.54, 1.807) is 10.7 Å². The van der Waals surface area contributed by atoms with Crippen LogP contribution in [0.2, 0.25) is 0 Å². The third kappa shape index (κ3) is 2.45. The standard InChI is InChI=1S/C19H11IN4/c20-16-8-6-13(7-9-16)17-12-22-19-15(10-21)11-23-24(19)18(17)14-4-2-1-3-5-14/h1-9,11-12H. The molecular weight excluding hydrogens is 411 g/mol. The molecule has 24 heavy (non-hydrogen) atoms. The third-order valence-electron chi connectivity index (χ3n) is 3.85. The molecule has 0 bridgehead atoms. The van der Waals surface area contributed by atoms with Crippen molar-refractivity contribution >= 4 is 28.2 Å². The molecule has 0 aliphatic carbocycles. The van der Waals surface area contributed by atoms with E-state index >= 15 is 0 Å². The molecule has 0 fully saturated rings. The van der Waals surface area contributed by atoms with Gasteiger partial charge in [-0.3, -0.25) is 0 Å². The molecule has 5 heteroatoms. The molecule has 0 saturated heterocycles. The predicted molar refractivity (Wildman–Crippen MR) is 101 cm³/mol. The van der Waals surface area contributed by atoms with Crippen molar-refractivity contribution in [3.63, 3.8) is 0 Å². The van der Waals surface area contributed by atoms with Crippen molar-refractivity contribution in [3.05, 3.63) is 76.1 Å². The molecule has 0 unspecified atom stereocenters. The summed E-state index contributed by atoms with van der Waals surface area (Å²) in [6, 6.07) is 20.5. The number of fused-ring (bicyclic) bond motifs is 1. The minimum atomic E-state index is 0.473. The molecule has 4 nitrogen and oxygen atoms in total. The SMILES string of the molecule is N#Cc1cnn2c(-c3ccccc3)c(-c3ccc(I)cc3)cnc12. The number of rotatable bonds is 2. The largest absolute Gasteiger partial charge is 0.235 e. The first-order chi connectivity index (χ1) is 11.8. The summed E-state index contributed by atoms with van der Waals surface area (Å²) >= 11 is 2.29. The Balaban J connectivity index is 2.07. The van der Waals surface area contributed by atoms with Gasteiger partial charge in [0.1, 0.15) is 11.6 Å². The lowest BCUT2D eigenvalue weighted by atomic mass is 10.0. The maximum atomic E-state index is 9.26. The zero-order valence-electron chi connectivity index (χ0n) is 12.5. The van der Waals surface area contributed by atoms with E-state index in [2.05, 4.69) is 63.0 Å². The van der Waals surface area contributed by atoms with Gasteiger partial charge in [-0.05, 0) is 40.3 Å². The highest BCUT2D eigenvalue weighted by Gasteiger charge is 2.16. The molecule has 0 aliphatic heterocycles. The van der Waals surface area contributed by atoms with Crippen molar-refractivity contribution in [2.75, 3.05) is 0 Å². The van der Waals surface area contributed by atoms with Gasteiger partial charge in [0.15, 0.2) is 5.65 Å². The first-order valence-corrected chi connectivity index (χ1v) is 8.44. The summed E-state index contributed by atoms with van der Waals surface area (Å²) in [6.45, 7) is 0. The van der Waals surface area contributed by atoms with Crippen molar-refractivity contribution in [2.24, 2.45) is 0 Å². The summed E-state index contributed by atoms with van der Waals surface area (Å²) in [6.07, 6.45) is 3.38. The van der Waals surface area contributed by atoms with E-state index in [1.807, 2.05) is 36.5 Å². The van der Waals surface area contributed by atoms with Gasteiger partial charge in [-0.1, -0.05) is 42.5 Å². The van der Waals surface area contributed by atoms with Crippen molar-refractivity contribution in [3.8, 4) is 28.5 Å². The zero-order chi connectivity index (χ0) is 16.5. The van der Waals surface area contributed by atoms with E-state index < -0.39 is 0 Å². The highest BCUT2D eigenvalue weighted by atomic mass is 127. The van der Waals surface area contributed by atoms with Crippen molar-refractivity contribution in [1.29, 1.82) is 5.26 Å². The Kier molecular flexibility index (Phi) is 3.75. The lowest BCUT2D eigenvalue weighted by molar-refractivity contribution is 0.950. The highest BCUT2D eigenvalue weighted by Crippen LogP contribution is 2.32. The van der Waals surface area contributed by atoms with Crippen LogP contribution in [0.15, 0.2) is 67.0 Å². The van der Waals surface area contributed by atoms with Crippen LogP contribution >= 0.6 is 22.6 Å². The normalized spacial score (nSPS) is 10.7. The highest BCUT2D eigenvalue weighted by molar-refractivity contribution is 14.1. The number of nitriles is 1. The van der Waals surface area contributed by atoms with E-state index in [4.69, 9.17) is 0 Å². The fourth-order valence-corrected chi connectivity index (χ4v) is 3.08. The Bertz CT molecular complexity index is 1060. The summed E-state index contributed by atoms with van der Waals surface area (Å²) in [7, 11) is 0. The summed E-state index contributed by atoms with van der Waals surface area (Å²) in [5.74, 6) is 0. The predicted octanol–water partition coefficient (Wildman–Crippen LogP) is 4.54. The summed E-state index contributed by atoms with van der Waals surface area (Å²) in [5.41, 5.74) is 5.07. The van der Waals surface area contributed by atoms with Crippen LogP contribution in [0.25, 0.3) is 28.0 Å². The molecule has 0 saturated carbocycles. The van der Waals surface area contributed by atoms with Crippen LogP contribution in [-0.4, -0.2) is 14.6 Å². The van der Waals surface area contributed by atoms with E-state index in [0.29, 0.717) is 11.2 Å². The Hall–Kier alpha value is -2.72. The second-order valence-corrected chi connectivity index (χ2v) is 6.54. The molecule has 114 valence electrons. The first kappa shape index (κ1) is 14.8. The van der Waals surface area contributed by atoms with Gasteiger partial charge in [-0.25, -0.2) is 9.50 Å².